The molecule has 0 aliphatic rings. The third-order valence-corrected chi connectivity index (χ3v) is 3.64. The number of carbonyl (C=O) groups excluding carboxylic acids is 1. The van der Waals surface area contributed by atoms with Crippen molar-refractivity contribution in [1.82, 2.24) is 4.98 Å². The van der Waals surface area contributed by atoms with Crippen LogP contribution in [0.4, 0.5) is 10.1 Å². The third kappa shape index (κ3) is 5.78. The molecule has 140 valence electrons. The second-order valence-electron chi connectivity index (χ2n) is 5.60. The molecule has 0 spiro atoms. The molecule has 7 heteroatoms. The first kappa shape index (κ1) is 19.8. The van der Waals surface area contributed by atoms with E-state index in [0.717, 1.165) is 5.56 Å². The lowest BCUT2D eigenvalue weighted by Crippen LogP contribution is -2.16. The Hall–Kier alpha value is -3.48. The Kier molecular flexibility index (Phi) is 6.82. The van der Waals surface area contributed by atoms with E-state index < -0.39 is 11.7 Å². The van der Waals surface area contributed by atoms with Crippen molar-refractivity contribution in [3.8, 4) is 0 Å². The standard InChI is InChI=1S/C20H21FN4O2/c1-4-13(3)27-20(22)24-12-15-10-16(7-8-17(15)21)25-19(26)18-9-6-14(5-2)11-23-18/h4-11H,2,12H2,1,3H3,(H2,22,24)(H,25,26)/b13-4-. The largest absolute Gasteiger partial charge is 0.431 e. The first-order valence-electron chi connectivity index (χ1n) is 8.22. The van der Waals surface area contributed by atoms with Gasteiger partial charge in [0.2, 0.25) is 0 Å². The van der Waals surface area contributed by atoms with Crippen LogP contribution in [-0.2, 0) is 11.3 Å². The molecule has 1 heterocycles. The van der Waals surface area contributed by atoms with E-state index >= 15 is 0 Å². The Morgan fingerprint density at radius 2 is 2.19 bits per heavy atom. The minimum atomic E-state index is -0.458. The van der Waals surface area contributed by atoms with Crippen molar-refractivity contribution in [3.63, 3.8) is 0 Å². The second-order valence-corrected chi connectivity index (χ2v) is 5.60. The zero-order valence-electron chi connectivity index (χ0n) is 15.2. The quantitative estimate of drug-likeness (QED) is 0.460. The molecule has 0 bridgehead atoms. The van der Waals surface area contributed by atoms with Crippen LogP contribution in [0.2, 0.25) is 0 Å². The molecule has 1 aromatic heterocycles. The van der Waals surface area contributed by atoms with Gasteiger partial charge in [-0.25, -0.2) is 9.38 Å². The summed E-state index contributed by atoms with van der Waals surface area (Å²) in [7, 11) is 0. The van der Waals surface area contributed by atoms with Gasteiger partial charge in [-0.15, -0.1) is 0 Å². The molecule has 3 N–H and O–H groups in total. The third-order valence-electron chi connectivity index (χ3n) is 3.64. The number of rotatable bonds is 6. The molecule has 0 unspecified atom stereocenters. The fourth-order valence-electron chi connectivity index (χ4n) is 2.05. The highest BCUT2D eigenvalue weighted by Gasteiger charge is 2.10. The van der Waals surface area contributed by atoms with Crippen molar-refractivity contribution in [1.29, 1.82) is 0 Å². The van der Waals surface area contributed by atoms with Gasteiger partial charge in [0.15, 0.2) is 0 Å². The number of carbonyl (C=O) groups is 1. The molecule has 0 saturated carbocycles. The van der Waals surface area contributed by atoms with Gasteiger partial charge in [0.05, 0.1) is 6.54 Å². The Morgan fingerprint density at radius 3 is 2.81 bits per heavy atom. The lowest BCUT2D eigenvalue weighted by molar-refractivity contribution is 0.102. The molecule has 0 aliphatic carbocycles. The molecular weight excluding hydrogens is 347 g/mol. The highest BCUT2D eigenvalue weighted by atomic mass is 19.1. The average molecular weight is 368 g/mol. The van der Waals surface area contributed by atoms with Crippen molar-refractivity contribution in [3.05, 3.63) is 77.6 Å². The minimum Gasteiger partial charge on any atom is -0.431 e. The number of ether oxygens (including phenoxy) is 1. The van der Waals surface area contributed by atoms with Crippen LogP contribution in [0.5, 0.6) is 0 Å². The first-order valence-corrected chi connectivity index (χ1v) is 8.22. The summed E-state index contributed by atoms with van der Waals surface area (Å²) in [5.41, 5.74) is 7.39. The van der Waals surface area contributed by atoms with Crippen LogP contribution in [-0.4, -0.2) is 16.9 Å². The van der Waals surface area contributed by atoms with Crippen molar-refractivity contribution in [2.24, 2.45) is 10.7 Å². The number of benzene rings is 1. The molecule has 0 aliphatic heterocycles. The number of allylic oxidation sites excluding steroid dienone is 2. The number of aliphatic imine (C=N–C) groups is 1. The monoisotopic (exact) mass is 368 g/mol. The average Bonchev–Trinajstić information content (AvgIpc) is 2.68. The van der Waals surface area contributed by atoms with Gasteiger partial charge in [0.25, 0.3) is 11.9 Å². The summed E-state index contributed by atoms with van der Waals surface area (Å²) in [4.78, 5) is 20.3. The smallest absolute Gasteiger partial charge is 0.287 e. The zero-order valence-corrected chi connectivity index (χ0v) is 15.2. The highest BCUT2D eigenvalue weighted by Crippen LogP contribution is 2.17. The molecule has 2 aromatic rings. The molecule has 27 heavy (non-hydrogen) atoms. The van der Waals surface area contributed by atoms with Crippen LogP contribution >= 0.6 is 0 Å². The highest BCUT2D eigenvalue weighted by molar-refractivity contribution is 6.02. The van der Waals surface area contributed by atoms with E-state index in [-0.39, 0.29) is 23.8 Å². The van der Waals surface area contributed by atoms with Gasteiger partial charge in [-0.2, -0.15) is 0 Å². The zero-order chi connectivity index (χ0) is 19.8. The summed E-state index contributed by atoms with van der Waals surface area (Å²) in [6.07, 6.45) is 4.91. The van der Waals surface area contributed by atoms with Gasteiger partial charge in [-0.1, -0.05) is 18.7 Å². The number of hydrogen-bond donors (Lipinski definition) is 2. The molecule has 1 amide bonds. The predicted molar refractivity (Wildman–Crippen MR) is 105 cm³/mol. The maximum absolute atomic E-state index is 14.0. The number of hydrogen-bond acceptors (Lipinski definition) is 4. The number of nitrogens with one attached hydrogen (secondary N) is 1. The molecule has 0 atom stereocenters. The molecule has 0 fully saturated rings. The van der Waals surface area contributed by atoms with Crippen LogP contribution in [0.3, 0.4) is 0 Å². The maximum atomic E-state index is 14.0. The number of halogens is 1. The van der Waals surface area contributed by atoms with Gasteiger partial charge in [-0.3, -0.25) is 9.78 Å². The predicted octanol–water partition coefficient (Wildman–Crippen LogP) is 3.87. The fourth-order valence-corrected chi connectivity index (χ4v) is 2.05. The van der Waals surface area contributed by atoms with E-state index in [9.17, 15) is 9.18 Å². The van der Waals surface area contributed by atoms with E-state index in [2.05, 4.69) is 21.9 Å². The van der Waals surface area contributed by atoms with E-state index in [1.54, 1.807) is 44.3 Å². The summed E-state index contributed by atoms with van der Waals surface area (Å²) in [5, 5.41) is 2.68. The number of anilines is 1. The Morgan fingerprint density at radius 1 is 1.41 bits per heavy atom. The number of pyridine rings is 1. The number of nitrogens with zero attached hydrogens (tertiary/aromatic N) is 2. The van der Waals surface area contributed by atoms with Gasteiger partial charge in [0.1, 0.15) is 17.3 Å². The number of amides is 1. The van der Waals surface area contributed by atoms with E-state index in [0.29, 0.717) is 11.4 Å². The SMILES string of the molecule is C=Cc1ccc(C(=O)Nc2ccc(F)c(CN=C(N)O/C(C)=C\C)c2)nc1. The van der Waals surface area contributed by atoms with Crippen molar-refractivity contribution in [2.75, 3.05) is 5.32 Å². The normalized spacial score (nSPS) is 11.8. The molecular formula is C20H21FN4O2. The molecule has 0 saturated heterocycles. The van der Waals surface area contributed by atoms with Gasteiger partial charge < -0.3 is 15.8 Å². The van der Waals surface area contributed by atoms with E-state index in [1.165, 1.54) is 18.2 Å². The van der Waals surface area contributed by atoms with Gasteiger partial charge in [0, 0.05) is 17.4 Å². The van der Waals surface area contributed by atoms with Crippen LogP contribution in [0.15, 0.2) is 59.9 Å². The summed E-state index contributed by atoms with van der Waals surface area (Å²) in [6.45, 7) is 7.14. The van der Waals surface area contributed by atoms with Crippen LogP contribution in [0, 0.1) is 5.82 Å². The fraction of sp³-hybridized carbons (Fsp3) is 0.150. The van der Waals surface area contributed by atoms with Crippen molar-refractivity contribution in [2.45, 2.75) is 20.4 Å². The summed E-state index contributed by atoms with van der Waals surface area (Å²) in [6, 6.07) is 7.46. The van der Waals surface area contributed by atoms with Crippen LogP contribution < -0.4 is 11.1 Å². The lowest BCUT2D eigenvalue weighted by atomic mass is 10.2. The van der Waals surface area contributed by atoms with Crippen molar-refractivity contribution < 1.29 is 13.9 Å². The Labute approximate surface area is 157 Å². The molecule has 1 aromatic carbocycles. The van der Waals surface area contributed by atoms with Crippen LogP contribution in [0.25, 0.3) is 6.08 Å². The van der Waals surface area contributed by atoms with Gasteiger partial charge >= 0.3 is 0 Å². The van der Waals surface area contributed by atoms with Crippen LogP contribution in [0.1, 0.15) is 35.5 Å². The summed E-state index contributed by atoms with van der Waals surface area (Å²) in [5.74, 6) is -0.272. The second kappa shape index (κ2) is 9.28. The van der Waals surface area contributed by atoms with Crippen molar-refractivity contribution >= 4 is 23.7 Å². The maximum Gasteiger partial charge on any atom is 0.287 e. The number of amidine groups is 1. The van der Waals surface area contributed by atoms with E-state index in [1.807, 2.05) is 0 Å². The number of nitrogens with two attached hydrogens (primary N) is 1. The molecule has 6 nitrogen and oxygen atoms in total. The molecule has 2 rings (SSSR count). The Balaban J connectivity index is 2.10. The Bertz CT molecular complexity index is 889. The first-order chi connectivity index (χ1) is 12.9. The summed E-state index contributed by atoms with van der Waals surface area (Å²) >= 11 is 0. The topological polar surface area (TPSA) is 89.6 Å². The van der Waals surface area contributed by atoms with Gasteiger partial charge in [-0.05, 0) is 49.8 Å². The molecule has 0 radical (unpaired) electrons. The van der Waals surface area contributed by atoms with E-state index in [4.69, 9.17) is 10.5 Å². The summed E-state index contributed by atoms with van der Waals surface area (Å²) < 4.78 is 19.2. The lowest BCUT2D eigenvalue weighted by Gasteiger charge is -2.08. The minimum absolute atomic E-state index is 0.0232. The number of aromatic nitrogens is 1.